The van der Waals surface area contributed by atoms with Crippen molar-refractivity contribution < 1.29 is 29.4 Å². The molecule has 3 atom stereocenters. The van der Waals surface area contributed by atoms with Crippen molar-refractivity contribution in [1.29, 1.82) is 0 Å². The third-order valence-electron chi connectivity index (χ3n) is 5.30. The van der Waals surface area contributed by atoms with Crippen molar-refractivity contribution in [2.75, 3.05) is 0 Å². The lowest BCUT2D eigenvalue weighted by molar-refractivity contribution is -0.152. The van der Waals surface area contributed by atoms with E-state index in [2.05, 4.69) is 5.87 Å². The highest BCUT2D eigenvalue weighted by molar-refractivity contribution is 8.16. The number of rotatable bonds is 4. The zero-order chi connectivity index (χ0) is 23.7. The van der Waals surface area contributed by atoms with Gasteiger partial charge in [-0.15, -0.1) is 0 Å². The van der Waals surface area contributed by atoms with Crippen molar-refractivity contribution in [3.05, 3.63) is 47.5 Å². The fraction of sp³-hybridized carbons (Fsp3) is 0.435. The second kappa shape index (κ2) is 8.78. The van der Waals surface area contributed by atoms with E-state index < -0.39 is 38.6 Å². The van der Waals surface area contributed by atoms with Crippen molar-refractivity contribution in [1.82, 2.24) is 4.90 Å². The smallest absolute Gasteiger partial charge is 0.327 e. The van der Waals surface area contributed by atoms with E-state index >= 15 is 0 Å². The van der Waals surface area contributed by atoms with Gasteiger partial charge in [-0.2, -0.15) is 10.5 Å². The monoisotopic (exact) mass is 447 g/mol. The Morgan fingerprint density at radius 1 is 1.16 bits per heavy atom. The lowest BCUT2D eigenvalue weighted by Gasteiger charge is -2.39. The summed E-state index contributed by atoms with van der Waals surface area (Å²) in [6, 6.07) is 8.41. The van der Waals surface area contributed by atoms with Crippen LogP contribution >= 0.6 is 10.5 Å². The summed E-state index contributed by atoms with van der Waals surface area (Å²) in [5.74, 6) is 1.81. The SMILES string of the molecule is C=S1[C@@H]2C(=CC(=O)Cc3ccccc3)C(=O)N2[C@@H](C(=O)O)C1(C)C.CC(C)(C)C(=O)O. The number of ketones is 1. The average Bonchev–Trinajstić information content (AvgIpc) is 2.84. The van der Waals surface area contributed by atoms with Crippen LogP contribution in [0.25, 0.3) is 0 Å². The molecule has 2 aliphatic rings. The standard InChI is InChI=1S/C18H19NO4S.C5H10O2/c1-18(2)14(17(22)23)19-15(21)13(16(19)24(18)3)10-12(20)9-11-7-5-4-6-8-11;1-5(2,3)4(6)7/h4-8,10,14,16H,3,9H2,1-2H3,(H,22,23);1-3H3,(H,6,7)/t14-,16+,24?;/m0./s1. The molecule has 0 aliphatic carbocycles. The molecule has 2 saturated heterocycles. The van der Waals surface area contributed by atoms with Crippen molar-refractivity contribution in [2.45, 2.75) is 57.2 Å². The zero-order valence-corrected chi connectivity index (χ0v) is 19.2. The van der Waals surface area contributed by atoms with E-state index in [-0.39, 0.29) is 23.5 Å². The molecule has 2 fully saturated rings. The minimum absolute atomic E-state index is 0.155. The number of carbonyl (C=O) groups excluding carboxylic acids is 2. The minimum Gasteiger partial charge on any atom is -0.481 e. The molecule has 3 rings (SSSR count). The van der Waals surface area contributed by atoms with Crippen LogP contribution in [-0.4, -0.2) is 60.8 Å². The van der Waals surface area contributed by atoms with Crippen LogP contribution in [0.1, 0.15) is 40.2 Å². The van der Waals surface area contributed by atoms with E-state index in [1.807, 2.05) is 44.2 Å². The number of β-lactam (4-membered cyclic amide) rings is 1. The molecule has 0 spiro atoms. The average molecular weight is 448 g/mol. The highest BCUT2D eigenvalue weighted by Gasteiger charge is 2.62. The van der Waals surface area contributed by atoms with Gasteiger partial charge >= 0.3 is 11.9 Å². The maximum atomic E-state index is 12.4. The van der Waals surface area contributed by atoms with Gasteiger partial charge in [-0.1, -0.05) is 36.2 Å². The van der Waals surface area contributed by atoms with Crippen molar-refractivity contribution in [3.8, 4) is 0 Å². The highest BCUT2D eigenvalue weighted by Crippen LogP contribution is 2.56. The van der Waals surface area contributed by atoms with Gasteiger partial charge in [0.05, 0.1) is 11.0 Å². The Morgan fingerprint density at radius 2 is 1.68 bits per heavy atom. The summed E-state index contributed by atoms with van der Waals surface area (Å²) in [6.45, 7) is 8.62. The minimum atomic E-state index is -1.02. The maximum Gasteiger partial charge on any atom is 0.327 e. The molecule has 0 radical (unpaired) electrons. The number of amides is 1. The highest BCUT2D eigenvalue weighted by atomic mass is 32.2. The number of allylic oxidation sites excluding steroid dienone is 1. The summed E-state index contributed by atoms with van der Waals surface area (Å²) in [5, 5.41) is 17.3. The van der Waals surface area contributed by atoms with Crippen LogP contribution in [0.4, 0.5) is 0 Å². The number of aliphatic carboxylic acids is 2. The fourth-order valence-electron chi connectivity index (χ4n) is 3.32. The first kappa shape index (κ1) is 24.5. The van der Waals surface area contributed by atoms with E-state index in [9.17, 15) is 24.3 Å². The van der Waals surface area contributed by atoms with Crippen LogP contribution in [0, 0.1) is 5.41 Å². The third-order valence-corrected chi connectivity index (χ3v) is 7.89. The van der Waals surface area contributed by atoms with Crippen LogP contribution in [0.5, 0.6) is 0 Å². The second-order valence-corrected chi connectivity index (χ2v) is 11.5. The van der Waals surface area contributed by atoms with Gasteiger partial charge in [0.15, 0.2) is 5.78 Å². The third kappa shape index (κ3) is 4.95. The predicted octanol–water partition coefficient (Wildman–Crippen LogP) is 2.96. The van der Waals surface area contributed by atoms with E-state index in [4.69, 9.17) is 5.11 Å². The molecule has 1 aromatic carbocycles. The second-order valence-electron chi connectivity index (χ2n) is 9.12. The number of fused-ring (bicyclic) bond motifs is 1. The quantitative estimate of drug-likeness (QED) is 0.417. The molecule has 31 heavy (non-hydrogen) atoms. The van der Waals surface area contributed by atoms with Gasteiger partial charge in [0.2, 0.25) is 0 Å². The van der Waals surface area contributed by atoms with E-state index in [1.165, 1.54) is 11.0 Å². The molecule has 2 heterocycles. The Bertz CT molecular complexity index is 958. The van der Waals surface area contributed by atoms with E-state index in [1.54, 1.807) is 20.8 Å². The first-order valence-corrected chi connectivity index (χ1v) is 11.3. The number of carbonyl (C=O) groups is 4. The van der Waals surface area contributed by atoms with Crippen LogP contribution in [0.15, 0.2) is 42.0 Å². The molecule has 1 amide bonds. The summed E-state index contributed by atoms with van der Waals surface area (Å²) in [4.78, 5) is 47.6. The zero-order valence-electron chi connectivity index (χ0n) is 18.4. The first-order valence-electron chi connectivity index (χ1n) is 9.79. The largest absolute Gasteiger partial charge is 0.481 e. The van der Waals surface area contributed by atoms with Gasteiger partial charge in [-0.25, -0.2) is 4.79 Å². The lowest BCUT2D eigenvalue weighted by Crippen LogP contribution is -2.58. The molecule has 0 saturated carbocycles. The van der Waals surface area contributed by atoms with Gasteiger partial charge < -0.3 is 15.1 Å². The summed E-state index contributed by atoms with van der Waals surface area (Å²) in [6.07, 6.45) is 1.60. The van der Waals surface area contributed by atoms with Crippen LogP contribution < -0.4 is 0 Å². The molecular formula is C23H29NO6S. The maximum absolute atomic E-state index is 12.4. The van der Waals surface area contributed by atoms with Crippen molar-refractivity contribution in [2.24, 2.45) is 5.41 Å². The molecule has 7 nitrogen and oxygen atoms in total. The van der Waals surface area contributed by atoms with Crippen molar-refractivity contribution >= 4 is 40.0 Å². The predicted molar refractivity (Wildman–Crippen MR) is 121 cm³/mol. The van der Waals surface area contributed by atoms with E-state index in [0.29, 0.717) is 5.57 Å². The number of carboxylic acid groups (broad SMARTS) is 2. The Labute approximate surface area is 184 Å². The number of hydrogen-bond donors (Lipinski definition) is 2. The molecule has 0 aromatic heterocycles. The van der Waals surface area contributed by atoms with E-state index in [0.717, 1.165) is 5.56 Å². The summed E-state index contributed by atoms with van der Waals surface area (Å²) in [7, 11) is -0.582. The fourth-order valence-corrected chi connectivity index (χ4v) is 5.37. The molecule has 2 N–H and O–H groups in total. The van der Waals surface area contributed by atoms with Gasteiger partial charge in [-0.3, -0.25) is 14.4 Å². The number of hydrogen-bond acceptors (Lipinski definition) is 4. The first-order chi connectivity index (χ1) is 14.2. The normalized spacial score (nSPS) is 25.2. The van der Waals surface area contributed by atoms with Crippen LogP contribution in [-0.2, 0) is 25.6 Å². The number of nitrogens with zero attached hydrogens (tertiary/aromatic N) is 1. The van der Waals surface area contributed by atoms with Crippen molar-refractivity contribution in [3.63, 3.8) is 0 Å². The van der Waals surface area contributed by atoms with Gasteiger partial charge in [-0.05, 0) is 46.3 Å². The summed E-state index contributed by atoms with van der Waals surface area (Å²) in [5.41, 5.74) is 0.692. The molecule has 168 valence electrons. The molecule has 1 aromatic rings. The Kier molecular flexibility index (Phi) is 6.95. The molecule has 0 bridgehead atoms. The van der Waals surface area contributed by atoms with Crippen LogP contribution in [0.3, 0.4) is 0 Å². The number of carboxylic acids is 2. The Balaban J connectivity index is 0.000000423. The molecule has 2 aliphatic heterocycles. The Morgan fingerprint density at radius 3 is 2.13 bits per heavy atom. The Hall–Kier alpha value is -2.74. The van der Waals surface area contributed by atoms with Gasteiger partial charge in [0, 0.05) is 11.2 Å². The van der Waals surface area contributed by atoms with Crippen LogP contribution in [0.2, 0.25) is 0 Å². The number of benzene rings is 1. The molecular weight excluding hydrogens is 418 g/mol. The molecule has 1 unspecified atom stereocenters. The molecule has 8 heteroatoms. The topological polar surface area (TPSA) is 112 Å². The van der Waals surface area contributed by atoms with Gasteiger partial charge in [0.25, 0.3) is 5.91 Å². The summed E-state index contributed by atoms with van der Waals surface area (Å²) >= 11 is 0. The lowest BCUT2D eigenvalue weighted by atomic mass is 9.94. The van der Waals surface area contributed by atoms with Gasteiger partial charge in [0.1, 0.15) is 11.4 Å². The summed E-state index contributed by atoms with van der Waals surface area (Å²) < 4.78 is -0.621.